The number of nitrogens with one attached hydrogen (secondary N) is 1. The maximum absolute atomic E-state index is 12.1. The van der Waals surface area contributed by atoms with E-state index in [0.29, 0.717) is 18.5 Å². The number of benzene rings is 2. The van der Waals surface area contributed by atoms with Crippen LogP contribution in [0, 0.1) is 0 Å². The molecule has 3 rings (SSSR count). The molecular weight excluding hydrogens is 306 g/mol. The van der Waals surface area contributed by atoms with E-state index < -0.39 is 0 Å². The van der Waals surface area contributed by atoms with Gasteiger partial charge in [-0.1, -0.05) is 6.07 Å². The number of phenolic OH excluding ortho intramolecular Hbond substituents is 2. The molecule has 0 atom stereocenters. The maximum Gasteiger partial charge on any atom is 0.251 e. The van der Waals surface area contributed by atoms with Crippen molar-refractivity contribution in [1.82, 2.24) is 15.1 Å². The van der Waals surface area contributed by atoms with Crippen LogP contribution in [0.5, 0.6) is 11.5 Å². The molecule has 24 heavy (non-hydrogen) atoms. The van der Waals surface area contributed by atoms with Crippen LogP contribution in [0.15, 0.2) is 60.9 Å². The first-order valence-corrected chi connectivity index (χ1v) is 7.52. The molecule has 0 aliphatic rings. The predicted molar refractivity (Wildman–Crippen MR) is 89.4 cm³/mol. The molecule has 0 unspecified atom stereocenters. The van der Waals surface area contributed by atoms with Crippen molar-refractivity contribution in [3.8, 4) is 17.2 Å². The number of phenols is 2. The number of hydrogen-bond donors (Lipinski definition) is 3. The lowest BCUT2D eigenvalue weighted by atomic mass is 10.1. The van der Waals surface area contributed by atoms with Gasteiger partial charge < -0.3 is 15.5 Å². The molecule has 6 heteroatoms. The summed E-state index contributed by atoms with van der Waals surface area (Å²) in [5, 5.41) is 25.7. The molecule has 0 saturated carbocycles. The van der Waals surface area contributed by atoms with E-state index in [0.717, 1.165) is 11.3 Å². The first-order valence-electron chi connectivity index (χ1n) is 7.52. The molecule has 0 aliphatic heterocycles. The minimum Gasteiger partial charge on any atom is -0.504 e. The van der Waals surface area contributed by atoms with Crippen molar-refractivity contribution in [2.45, 2.75) is 6.42 Å². The monoisotopic (exact) mass is 323 g/mol. The number of carbonyl (C=O) groups is 1. The Morgan fingerprint density at radius 3 is 2.54 bits per heavy atom. The fraction of sp³-hybridized carbons (Fsp3) is 0.111. The van der Waals surface area contributed by atoms with Crippen molar-refractivity contribution in [2.24, 2.45) is 0 Å². The summed E-state index contributed by atoms with van der Waals surface area (Å²) in [6.45, 7) is 0.434. The molecule has 3 N–H and O–H groups in total. The van der Waals surface area contributed by atoms with Gasteiger partial charge in [-0.3, -0.25) is 4.79 Å². The molecule has 3 aromatic rings. The molecule has 0 fully saturated rings. The van der Waals surface area contributed by atoms with E-state index in [1.807, 2.05) is 24.4 Å². The van der Waals surface area contributed by atoms with Crippen LogP contribution in [0.1, 0.15) is 15.9 Å². The van der Waals surface area contributed by atoms with Crippen LogP contribution < -0.4 is 5.32 Å². The van der Waals surface area contributed by atoms with Crippen molar-refractivity contribution < 1.29 is 15.0 Å². The molecule has 0 aliphatic carbocycles. The maximum atomic E-state index is 12.1. The van der Waals surface area contributed by atoms with Crippen LogP contribution in [0.4, 0.5) is 0 Å². The minimum atomic E-state index is -0.162. The van der Waals surface area contributed by atoms with Crippen LogP contribution in [-0.2, 0) is 6.42 Å². The Labute approximate surface area is 139 Å². The molecule has 0 saturated heterocycles. The van der Waals surface area contributed by atoms with Gasteiger partial charge in [0, 0.05) is 24.5 Å². The Balaban J connectivity index is 1.56. The van der Waals surface area contributed by atoms with Gasteiger partial charge in [-0.2, -0.15) is 5.10 Å². The number of aromatic hydroxyl groups is 2. The van der Waals surface area contributed by atoms with Gasteiger partial charge in [0.15, 0.2) is 11.5 Å². The molecule has 1 amide bonds. The Kier molecular flexibility index (Phi) is 4.47. The van der Waals surface area contributed by atoms with Gasteiger partial charge in [0.2, 0.25) is 0 Å². The Bertz CT molecular complexity index is 827. The fourth-order valence-corrected chi connectivity index (χ4v) is 2.33. The number of amides is 1. The van der Waals surface area contributed by atoms with Gasteiger partial charge in [0.05, 0.1) is 5.69 Å². The molecule has 1 heterocycles. The quantitative estimate of drug-likeness (QED) is 0.629. The third kappa shape index (κ3) is 3.55. The molecule has 6 nitrogen and oxygen atoms in total. The SMILES string of the molecule is O=C(NCCc1ccc(O)c(O)c1)c1ccc(-n2cccn2)cc1. The van der Waals surface area contributed by atoms with E-state index in [-0.39, 0.29) is 17.4 Å². The van der Waals surface area contributed by atoms with E-state index in [1.165, 1.54) is 12.1 Å². The molecule has 0 radical (unpaired) electrons. The number of carbonyl (C=O) groups excluding carboxylic acids is 1. The largest absolute Gasteiger partial charge is 0.504 e. The average Bonchev–Trinajstić information content (AvgIpc) is 3.13. The Morgan fingerprint density at radius 1 is 1.08 bits per heavy atom. The van der Waals surface area contributed by atoms with Crippen LogP contribution >= 0.6 is 0 Å². The second-order valence-corrected chi connectivity index (χ2v) is 5.33. The van der Waals surface area contributed by atoms with E-state index in [2.05, 4.69) is 10.4 Å². The lowest BCUT2D eigenvalue weighted by molar-refractivity contribution is 0.0954. The van der Waals surface area contributed by atoms with Crippen LogP contribution in [0.3, 0.4) is 0 Å². The summed E-state index contributed by atoms with van der Waals surface area (Å²) < 4.78 is 1.72. The van der Waals surface area contributed by atoms with Crippen molar-refractivity contribution in [3.63, 3.8) is 0 Å². The van der Waals surface area contributed by atoms with Gasteiger partial charge in [-0.05, 0) is 54.4 Å². The third-order valence-corrected chi connectivity index (χ3v) is 3.64. The molecule has 122 valence electrons. The first kappa shape index (κ1) is 15.6. The van der Waals surface area contributed by atoms with Gasteiger partial charge in [-0.25, -0.2) is 4.68 Å². The molecule has 0 bridgehead atoms. The predicted octanol–water partition coefficient (Wildman–Crippen LogP) is 2.26. The smallest absolute Gasteiger partial charge is 0.251 e. The highest BCUT2D eigenvalue weighted by molar-refractivity contribution is 5.94. The summed E-state index contributed by atoms with van der Waals surface area (Å²) in [6, 6.07) is 13.6. The van der Waals surface area contributed by atoms with Crippen molar-refractivity contribution in [1.29, 1.82) is 0 Å². The minimum absolute atomic E-state index is 0.153. The summed E-state index contributed by atoms with van der Waals surface area (Å²) in [4.78, 5) is 12.1. The zero-order chi connectivity index (χ0) is 16.9. The molecule has 1 aromatic heterocycles. The van der Waals surface area contributed by atoms with Crippen LogP contribution in [0.2, 0.25) is 0 Å². The number of hydrogen-bond acceptors (Lipinski definition) is 4. The Morgan fingerprint density at radius 2 is 1.88 bits per heavy atom. The first-order chi connectivity index (χ1) is 11.6. The number of nitrogens with zero attached hydrogens (tertiary/aromatic N) is 2. The second-order valence-electron chi connectivity index (χ2n) is 5.33. The number of rotatable bonds is 5. The fourth-order valence-electron chi connectivity index (χ4n) is 2.33. The lowest BCUT2D eigenvalue weighted by Gasteiger charge is -2.07. The van der Waals surface area contributed by atoms with Crippen molar-refractivity contribution in [3.05, 3.63) is 72.1 Å². The van der Waals surface area contributed by atoms with Crippen LogP contribution in [-0.4, -0.2) is 32.4 Å². The zero-order valence-electron chi connectivity index (χ0n) is 12.9. The zero-order valence-corrected chi connectivity index (χ0v) is 12.9. The summed E-state index contributed by atoms with van der Waals surface area (Å²) in [5.74, 6) is -0.474. The van der Waals surface area contributed by atoms with Gasteiger partial charge in [0.25, 0.3) is 5.91 Å². The summed E-state index contributed by atoms with van der Waals surface area (Å²) in [6.07, 6.45) is 4.09. The van der Waals surface area contributed by atoms with E-state index in [9.17, 15) is 15.0 Å². The van der Waals surface area contributed by atoms with Gasteiger partial charge in [0.1, 0.15) is 0 Å². The van der Waals surface area contributed by atoms with Crippen molar-refractivity contribution in [2.75, 3.05) is 6.54 Å². The molecule has 0 spiro atoms. The van der Waals surface area contributed by atoms with Crippen LogP contribution in [0.25, 0.3) is 5.69 Å². The van der Waals surface area contributed by atoms with Crippen molar-refractivity contribution >= 4 is 5.91 Å². The normalized spacial score (nSPS) is 10.5. The van der Waals surface area contributed by atoms with E-state index >= 15 is 0 Å². The second kappa shape index (κ2) is 6.87. The standard InChI is InChI=1S/C18H17N3O3/c22-16-7-2-13(12-17(16)23)8-10-19-18(24)14-3-5-15(6-4-14)21-11-1-9-20-21/h1-7,9,11-12,22-23H,8,10H2,(H,19,24). The third-order valence-electron chi connectivity index (χ3n) is 3.64. The summed E-state index contributed by atoms with van der Waals surface area (Å²) in [5.41, 5.74) is 2.29. The van der Waals surface area contributed by atoms with E-state index in [1.54, 1.807) is 29.1 Å². The molecular formula is C18H17N3O3. The highest BCUT2D eigenvalue weighted by Gasteiger charge is 2.06. The molecule has 2 aromatic carbocycles. The van der Waals surface area contributed by atoms with Gasteiger partial charge in [-0.15, -0.1) is 0 Å². The summed E-state index contributed by atoms with van der Waals surface area (Å²) >= 11 is 0. The van der Waals surface area contributed by atoms with E-state index in [4.69, 9.17) is 0 Å². The summed E-state index contributed by atoms with van der Waals surface area (Å²) in [7, 11) is 0. The average molecular weight is 323 g/mol. The Hall–Kier alpha value is -3.28. The highest BCUT2D eigenvalue weighted by atomic mass is 16.3. The van der Waals surface area contributed by atoms with Gasteiger partial charge >= 0.3 is 0 Å². The highest BCUT2D eigenvalue weighted by Crippen LogP contribution is 2.24. The number of aromatic nitrogens is 2. The topological polar surface area (TPSA) is 87.4 Å². The lowest BCUT2D eigenvalue weighted by Crippen LogP contribution is -2.25.